The number of carbonyl (C=O) groups excluding carboxylic acids is 1. The number of methoxy groups -OCH3 is 1. The second-order valence-electron chi connectivity index (χ2n) is 6.63. The van der Waals surface area contributed by atoms with Crippen LogP contribution in [0.1, 0.15) is 53.7 Å². The third-order valence-electron chi connectivity index (χ3n) is 4.96. The van der Waals surface area contributed by atoms with Crippen molar-refractivity contribution in [3.63, 3.8) is 0 Å². The van der Waals surface area contributed by atoms with Crippen molar-refractivity contribution < 1.29 is 14.3 Å². The highest BCUT2D eigenvalue weighted by Crippen LogP contribution is 2.50. The SMILES string of the molecule is CCC(CC)(Pc1ccc(C)cc1C=O)c1cccc(C)c1OCOC. The Labute approximate surface area is 158 Å². The lowest BCUT2D eigenvalue weighted by Crippen LogP contribution is -2.24. The van der Waals surface area contributed by atoms with Gasteiger partial charge in [0.1, 0.15) is 5.75 Å². The summed E-state index contributed by atoms with van der Waals surface area (Å²) in [7, 11) is 2.13. The first-order valence-electron chi connectivity index (χ1n) is 9.07. The summed E-state index contributed by atoms with van der Waals surface area (Å²) in [5.41, 5.74) is 4.21. The molecule has 26 heavy (non-hydrogen) atoms. The predicted molar refractivity (Wildman–Crippen MR) is 110 cm³/mol. The average molecular weight is 372 g/mol. The van der Waals surface area contributed by atoms with Crippen LogP contribution in [0, 0.1) is 13.8 Å². The number of rotatable bonds is 9. The predicted octanol–water partition coefficient (Wildman–Crippen LogP) is 5.12. The zero-order chi connectivity index (χ0) is 19.2. The molecule has 0 aromatic heterocycles. The van der Waals surface area contributed by atoms with Gasteiger partial charge in [0.05, 0.1) is 0 Å². The van der Waals surface area contributed by atoms with Crippen LogP contribution in [0.5, 0.6) is 5.75 Å². The molecule has 0 amide bonds. The molecule has 1 unspecified atom stereocenters. The van der Waals surface area contributed by atoms with Crippen molar-refractivity contribution in [2.45, 2.75) is 45.7 Å². The van der Waals surface area contributed by atoms with Crippen molar-refractivity contribution in [1.82, 2.24) is 0 Å². The van der Waals surface area contributed by atoms with E-state index in [0.717, 1.165) is 46.9 Å². The van der Waals surface area contributed by atoms with E-state index in [0.29, 0.717) is 8.58 Å². The van der Waals surface area contributed by atoms with E-state index in [9.17, 15) is 4.79 Å². The molecule has 2 rings (SSSR count). The minimum absolute atomic E-state index is 0.0673. The van der Waals surface area contributed by atoms with Gasteiger partial charge >= 0.3 is 0 Å². The van der Waals surface area contributed by atoms with Gasteiger partial charge in [-0.25, -0.2) is 0 Å². The first kappa shape index (κ1) is 20.6. The van der Waals surface area contributed by atoms with E-state index in [4.69, 9.17) is 9.47 Å². The maximum Gasteiger partial charge on any atom is 0.188 e. The van der Waals surface area contributed by atoms with E-state index in [1.165, 1.54) is 5.56 Å². The summed E-state index contributed by atoms with van der Waals surface area (Å²) in [6, 6.07) is 12.5. The number of hydrogen-bond acceptors (Lipinski definition) is 3. The second kappa shape index (κ2) is 9.30. The topological polar surface area (TPSA) is 35.5 Å². The summed E-state index contributed by atoms with van der Waals surface area (Å²) in [6.07, 6.45) is 2.92. The third-order valence-corrected chi connectivity index (χ3v) is 7.14. The van der Waals surface area contributed by atoms with Crippen LogP contribution >= 0.6 is 8.58 Å². The summed E-state index contributed by atoms with van der Waals surface area (Å²) in [4.78, 5) is 11.6. The van der Waals surface area contributed by atoms with Gasteiger partial charge in [-0.05, 0) is 43.6 Å². The van der Waals surface area contributed by atoms with Crippen LogP contribution in [-0.2, 0) is 9.89 Å². The van der Waals surface area contributed by atoms with Crippen molar-refractivity contribution in [3.05, 3.63) is 58.7 Å². The van der Waals surface area contributed by atoms with Gasteiger partial charge in [0.25, 0.3) is 0 Å². The molecule has 0 saturated heterocycles. The number of para-hydroxylation sites is 1. The molecule has 2 aromatic rings. The van der Waals surface area contributed by atoms with Gasteiger partial charge in [-0.2, -0.15) is 0 Å². The van der Waals surface area contributed by atoms with Crippen LogP contribution in [0.15, 0.2) is 36.4 Å². The van der Waals surface area contributed by atoms with E-state index < -0.39 is 0 Å². The lowest BCUT2D eigenvalue weighted by atomic mass is 9.90. The summed E-state index contributed by atoms with van der Waals surface area (Å²) >= 11 is 0. The van der Waals surface area contributed by atoms with Gasteiger partial charge in [0, 0.05) is 23.4 Å². The Morgan fingerprint density at radius 3 is 2.46 bits per heavy atom. The Hall–Kier alpha value is -1.70. The molecule has 0 aliphatic rings. The largest absolute Gasteiger partial charge is 0.467 e. The van der Waals surface area contributed by atoms with Crippen molar-refractivity contribution in [1.29, 1.82) is 0 Å². The van der Waals surface area contributed by atoms with Gasteiger partial charge in [0.2, 0.25) is 0 Å². The van der Waals surface area contributed by atoms with Gasteiger partial charge < -0.3 is 9.47 Å². The fraction of sp³-hybridized carbons (Fsp3) is 0.409. The number of benzene rings is 2. The molecule has 0 radical (unpaired) electrons. The molecule has 1 atom stereocenters. The Morgan fingerprint density at radius 1 is 1.12 bits per heavy atom. The molecule has 4 heteroatoms. The molecule has 0 aliphatic heterocycles. The lowest BCUT2D eigenvalue weighted by Gasteiger charge is -2.35. The van der Waals surface area contributed by atoms with E-state index >= 15 is 0 Å². The van der Waals surface area contributed by atoms with E-state index in [2.05, 4.69) is 51.1 Å². The normalized spacial score (nSPS) is 11.9. The molecule has 0 saturated carbocycles. The fourth-order valence-corrected chi connectivity index (χ4v) is 5.01. The fourth-order valence-electron chi connectivity index (χ4n) is 3.37. The molecular formula is C22H29O3P. The first-order valence-corrected chi connectivity index (χ1v) is 10.1. The van der Waals surface area contributed by atoms with Gasteiger partial charge in [-0.3, -0.25) is 4.79 Å². The van der Waals surface area contributed by atoms with E-state index in [1.54, 1.807) is 7.11 Å². The highest BCUT2D eigenvalue weighted by atomic mass is 31.1. The Morgan fingerprint density at radius 2 is 1.85 bits per heavy atom. The minimum Gasteiger partial charge on any atom is -0.467 e. The molecule has 0 bridgehead atoms. The molecule has 0 N–H and O–H groups in total. The molecule has 140 valence electrons. The monoisotopic (exact) mass is 372 g/mol. The van der Waals surface area contributed by atoms with Gasteiger partial charge in [-0.1, -0.05) is 58.3 Å². The van der Waals surface area contributed by atoms with E-state index in [1.807, 2.05) is 13.0 Å². The van der Waals surface area contributed by atoms with Crippen LogP contribution in [0.4, 0.5) is 0 Å². The first-order chi connectivity index (χ1) is 12.5. The molecule has 0 aliphatic carbocycles. The van der Waals surface area contributed by atoms with Gasteiger partial charge in [0.15, 0.2) is 13.1 Å². The van der Waals surface area contributed by atoms with Crippen LogP contribution in [-0.4, -0.2) is 20.2 Å². The standard InChI is InChI=1S/C22H29O3P/c1-6-22(7-2,26-20-12-11-16(3)13-18(20)14-23)19-10-8-9-17(4)21(19)25-15-24-5/h8-14,26H,6-7,15H2,1-5H3. The molecule has 2 aromatic carbocycles. The van der Waals surface area contributed by atoms with Gasteiger partial charge in [-0.15, -0.1) is 0 Å². The quantitative estimate of drug-likeness (QED) is 0.348. The summed E-state index contributed by atoms with van der Waals surface area (Å²) < 4.78 is 11.1. The van der Waals surface area contributed by atoms with Crippen LogP contribution in [0.3, 0.4) is 0 Å². The van der Waals surface area contributed by atoms with Crippen molar-refractivity contribution >= 4 is 20.2 Å². The molecular weight excluding hydrogens is 343 g/mol. The molecule has 0 spiro atoms. The average Bonchev–Trinajstić information content (AvgIpc) is 2.66. The summed E-state index contributed by atoms with van der Waals surface area (Å²) in [6.45, 7) is 8.75. The third kappa shape index (κ3) is 4.34. The lowest BCUT2D eigenvalue weighted by molar-refractivity contribution is 0.0494. The molecule has 0 heterocycles. The summed E-state index contributed by atoms with van der Waals surface area (Å²) in [5.74, 6) is 0.908. The Kier molecular flexibility index (Phi) is 7.37. The second-order valence-corrected chi connectivity index (χ2v) is 8.37. The zero-order valence-corrected chi connectivity index (χ0v) is 17.4. The molecule has 3 nitrogen and oxygen atoms in total. The maximum atomic E-state index is 11.6. The number of carbonyl (C=O) groups is 1. The smallest absolute Gasteiger partial charge is 0.188 e. The zero-order valence-electron chi connectivity index (χ0n) is 16.4. The highest BCUT2D eigenvalue weighted by molar-refractivity contribution is 7.48. The number of aryl methyl sites for hydroxylation is 2. The van der Waals surface area contributed by atoms with Crippen LogP contribution in [0.25, 0.3) is 0 Å². The number of ether oxygens (including phenoxy) is 2. The van der Waals surface area contributed by atoms with Crippen molar-refractivity contribution in [2.24, 2.45) is 0 Å². The van der Waals surface area contributed by atoms with Crippen molar-refractivity contribution in [3.8, 4) is 5.75 Å². The highest BCUT2D eigenvalue weighted by Gasteiger charge is 2.33. The van der Waals surface area contributed by atoms with E-state index in [-0.39, 0.29) is 11.9 Å². The maximum absolute atomic E-state index is 11.6. The van der Waals surface area contributed by atoms with Crippen molar-refractivity contribution in [2.75, 3.05) is 13.9 Å². The molecule has 0 fully saturated rings. The minimum atomic E-state index is -0.0673. The summed E-state index contributed by atoms with van der Waals surface area (Å²) in [5, 5.41) is 1.05. The Bertz CT molecular complexity index is 751. The number of aldehydes is 1. The Balaban J connectivity index is 2.54. The number of hydrogen-bond donors (Lipinski definition) is 0. The van der Waals surface area contributed by atoms with Crippen LogP contribution in [0.2, 0.25) is 0 Å². The van der Waals surface area contributed by atoms with Crippen LogP contribution < -0.4 is 10.0 Å².